The van der Waals surface area contributed by atoms with E-state index in [4.69, 9.17) is 37.9 Å². The van der Waals surface area contributed by atoms with Gasteiger partial charge in [0.1, 0.15) is 41.4 Å². The molecule has 0 unspecified atom stereocenters. The van der Waals surface area contributed by atoms with E-state index in [2.05, 4.69) is 0 Å². The number of aliphatic hydroxyl groups excluding tert-OH is 3. The molecule has 0 aromatic rings. The number of hydrogen-bond donors (Lipinski definition) is 3. The zero-order valence-electron chi connectivity index (χ0n) is 33.4. The summed E-state index contributed by atoms with van der Waals surface area (Å²) in [5.41, 5.74) is -2.34. The average Bonchev–Trinajstić information content (AvgIpc) is 3.40. The van der Waals surface area contributed by atoms with Crippen molar-refractivity contribution in [1.29, 1.82) is 0 Å². The highest BCUT2D eigenvalue weighted by Crippen LogP contribution is 2.48. The van der Waals surface area contributed by atoms with Crippen molar-refractivity contribution in [3.05, 3.63) is 11.3 Å². The lowest BCUT2D eigenvalue weighted by molar-refractivity contribution is -0.316. The second kappa shape index (κ2) is 16.1. The van der Waals surface area contributed by atoms with E-state index in [0.29, 0.717) is 25.0 Å². The molecule has 0 amide bonds. The topological polar surface area (TPSA) is 155 Å². The van der Waals surface area contributed by atoms with Crippen molar-refractivity contribution in [1.82, 2.24) is 4.90 Å². The van der Waals surface area contributed by atoms with Crippen molar-refractivity contribution < 1.29 is 58.0 Å². The Balaban J connectivity index is 1.85. The average molecular weight is 730 g/mol. The molecule has 0 aliphatic carbocycles. The zero-order chi connectivity index (χ0) is 38.4. The van der Waals surface area contributed by atoms with E-state index in [9.17, 15) is 20.1 Å². The lowest BCUT2D eigenvalue weighted by Gasteiger charge is -2.48. The van der Waals surface area contributed by atoms with Gasteiger partial charge in [0, 0.05) is 44.9 Å². The molecule has 4 aliphatic rings. The molecule has 2 bridgehead atoms. The van der Waals surface area contributed by atoms with E-state index in [1.165, 1.54) is 7.11 Å². The van der Waals surface area contributed by atoms with Crippen LogP contribution >= 0.6 is 0 Å². The maximum absolute atomic E-state index is 14.3. The summed E-state index contributed by atoms with van der Waals surface area (Å²) in [4.78, 5) is 16.3. The Morgan fingerprint density at radius 1 is 0.922 bits per heavy atom. The highest BCUT2D eigenvalue weighted by atomic mass is 16.7. The molecule has 17 atom stereocenters. The van der Waals surface area contributed by atoms with Crippen LogP contribution in [0.25, 0.3) is 0 Å². The van der Waals surface area contributed by atoms with Crippen LogP contribution in [-0.4, -0.2) is 139 Å². The van der Waals surface area contributed by atoms with Crippen LogP contribution < -0.4 is 0 Å². The molecule has 3 saturated heterocycles. The standard InChI is InChI=1S/C38H67NO12/c1-15-26-38(10,45-14)31(41)21(4)29-19(2)17-37(9,51-29)33(50-35-28(40)25(39(11)12)16-20(3)46-35)22(5)30(23(6)34(43)48-26)49-27-18-36(8,44-13)32(42)24(7)47-27/h20-28,30-33,35,40-42H,15-18H2,1-14H3/t20-,21+,22+,23-,24+,25+,26-,27+,28-,30+,31-,32+,33-,35+,36-,37-,38-/m1/s1. The fourth-order valence-electron chi connectivity index (χ4n) is 8.96. The smallest absolute Gasteiger partial charge is 0.311 e. The SMILES string of the molecule is CC[C@H]1OC(=O)[C@H](C)[C@@H](O[C@H]2C[C@@](C)(OC)[C@@H](O)[C@H](C)O2)[C@H](C)[C@@H](O[C@@H]2O[C@H](C)C[C@H](N(C)C)[C@H]2O)[C@@]2(C)CC(C)=C(O2)[C@H](C)[C@@H](O)[C@]1(C)OC. The van der Waals surface area contributed by atoms with Gasteiger partial charge in [-0.05, 0) is 81.0 Å². The van der Waals surface area contributed by atoms with E-state index in [-0.39, 0.29) is 18.6 Å². The minimum Gasteiger partial charge on any atom is -0.489 e. The van der Waals surface area contributed by atoms with Gasteiger partial charge in [0.2, 0.25) is 0 Å². The minimum atomic E-state index is -1.28. The molecule has 3 N–H and O–H groups in total. The first kappa shape index (κ1) is 42.4. The number of nitrogens with zero attached hydrogens (tertiary/aromatic N) is 1. The highest BCUT2D eigenvalue weighted by Gasteiger charge is 2.56. The van der Waals surface area contributed by atoms with Gasteiger partial charge >= 0.3 is 5.97 Å². The van der Waals surface area contributed by atoms with E-state index in [1.807, 2.05) is 67.5 Å². The van der Waals surface area contributed by atoms with Crippen molar-refractivity contribution in [2.75, 3.05) is 28.3 Å². The molecule has 4 rings (SSSR count). The molecular weight excluding hydrogens is 662 g/mol. The number of ether oxygens (including phenoxy) is 8. The Morgan fingerprint density at radius 2 is 1.57 bits per heavy atom. The number of hydrogen-bond acceptors (Lipinski definition) is 13. The molecule has 13 heteroatoms. The van der Waals surface area contributed by atoms with Crippen molar-refractivity contribution >= 4 is 5.97 Å². The first-order valence-corrected chi connectivity index (χ1v) is 18.7. The summed E-state index contributed by atoms with van der Waals surface area (Å²) in [5.74, 6) is -1.92. The van der Waals surface area contributed by atoms with E-state index in [1.54, 1.807) is 27.9 Å². The molecule has 0 radical (unpaired) electrons. The van der Waals surface area contributed by atoms with Gasteiger partial charge in [0.05, 0.1) is 35.9 Å². The van der Waals surface area contributed by atoms with E-state index < -0.39 is 95.8 Å². The molecule has 0 spiro atoms. The predicted molar refractivity (Wildman–Crippen MR) is 188 cm³/mol. The van der Waals surface area contributed by atoms with Gasteiger partial charge in [-0.25, -0.2) is 0 Å². The van der Waals surface area contributed by atoms with E-state index >= 15 is 0 Å². The fraction of sp³-hybridized carbons (Fsp3) is 0.921. The number of fused-ring (bicyclic) bond motifs is 2. The molecular formula is C38H67NO12. The van der Waals surface area contributed by atoms with Gasteiger partial charge in [-0.1, -0.05) is 20.8 Å². The summed E-state index contributed by atoms with van der Waals surface area (Å²) in [5, 5.41) is 34.5. The molecule has 4 aliphatic heterocycles. The first-order chi connectivity index (χ1) is 23.7. The molecule has 0 aromatic carbocycles. The number of likely N-dealkylation sites (N-methyl/N-ethyl adjacent to an activating group) is 1. The third kappa shape index (κ3) is 8.18. The molecule has 51 heavy (non-hydrogen) atoms. The summed E-state index contributed by atoms with van der Waals surface area (Å²) in [6, 6.07) is -0.222. The van der Waals surface area contributed by atoms with Crippen LogP contribution in [0.15, 0.2) is 11.3 Å². The van der Waals surface area contributed by atoms with Crippen LogP contribution in [0.5, 0.6) is 0 Å². The molecule has 4 heterocycles. The van der Waals surface area contributed by atoms with Gasteiger partial charge in [-0.15, -0.1) is 0 Å². The number of aliphatic hydroxyl groups is 3. The maximum atomic E-state index is 14.3. The second-order valence-electron chi connectivity index (χ2n) is 16.5. The number of carbonyl (C=O) groups excluding carboxylic acids is 1. The number of methoxy groups -OCH3 is 2. The molecule has 0 saturated carbocycles. The minimum absolute atomic E-state index is 0.194. The van der Waals surface area contributed by atoms with Gasteiger partial charge in [-0.3, -0.25) is 4.79 Å². The molecule has 296 valence electrons. The van der Waals surface area contributed by atoms with Gasteiger partial charge < -0.3 is 58.1 Å². The fourth-order valence-corrected chi connectivity index (χ4v) is 8.96. The van der Waals surface area contributed by atoms with E-state index in [0.717, 1.165) is 5.57 Å². The first-order valence-electron chi connectivity index (χ1n) is 18.7. The molecule has 0 aromatic heterocycles. The van der Waals surface area contributed by atoms with Crippen molar-refractivity contribution in [2.45, 2.75) is 179 Å². The lowest BCUT2D eigenvalue weighted by Crippen LogP contribution is -2.60. The van der Waals surface area contributed by atoms with Gasteiger partial charge in [-0.2, -0.15) is 0 Å². The van der Waals surface area contributed by atoms with Crippen molar-refractivity contribution in [2.24, 2.45) is 17.8 Å². The van der Waals surface area contributed by atoms with Crippen LogP contribution in [0.1, 0.15) is 94.9 Å². The summed E-state index contributed by atoms with van der Waals surface area (Å²) in [6.45, 7) is 18.7. The number of rotatable bonds is 8. The van der Waals surface area contributed by atoms with Gasteiger partial charge in [0.25, 0.3) is 0 Å². The second-order valence-corrected chi connectivity index (χ2v) is 16.5. The predicted octanol–water partition coefficient (Wildman–Crippen LogP) is 3.55. The molecule has 13 nitrogen and oxygen atoms in total. The van der Waals surface area contributed by atoms with Crippen molar-refractivity contribution in [3.63, 3.8) is 0 Å². The van der Waals surface area contributed by atoms with Crippen molar-refractivity contribution in [3.8, 4) is 0 Å². The van der Waals surface area contributed by atoms with Crippen LogP contribution in [-0.2, 0) is 42.7 Å². The van der Waals surface area contributed by atoms with Crippen LogP contribution in [0, 0.1) is 17.8 Å². The maximum Gasteiger partial charge on any atom is 0.311 e. The highest BCUT2D eigenvalue weighted by molar-refractivity contribution is 5.73. The van der Waals surface area contributed by atoms with Crippen LogP contribution in [0.3, 0.4) is 0 Å². The Hall–Kier alpha value is -1.39. The Labute approximate surface area is 305 Å². The summed E-state index contributed by atoms with van der Waals surface area (Å²) >= 11 is 0. The number of esters is 1. The molecule has 3 fully saturated rings. The van der Waals surface area contributed by atoms with Gasteiger partial charge in [0.15, 0.2) is 12.6 Å². The quantitative estimate of drug-likeness (QED) is 0.313. The summed E-state index contributed by atoms with van der Waals surface area (Å²) < 4.78 is 51.1. The third-order valence-corrected chi connectivity index (χ3v) is 12.4. The Kier molecular flexibility index (Phi) is 13.4. The Morgan fingerprint density at radius 3 is 2.14 bits per heavy atom. The number of cyclic esters (lactones) is 1. The summed E-state index contributed by atoms with van der Waals surface area (Å²) in [6.07, 6.45) is -6.53. The Bertz CT molecular complexity index is 1230. The summed E-state index contributed by atoms with van der Waals surface area (Å²) in [7, 11) is 6.89. The zero-order valence-corrected chi connectivity index (χ0v) is 33.4. The van der Waals surface area contributed by atoms with Crippen LogP contribution in [0.4, 0.5) is 0 Å². The number of carbonyl (C=O) groups is 1. The monoisotopic (exact) mass is 729 g/mol. The third-order valence-electron chi connectivity index (χ3n) is 12.4. The lowest BCUT2D eigenvalue weighted by atomic mass is 9.78. The largest absolute Gasteiger partial charge is 0.489 e. The van der Waals surface area contributed by atoms with Crippen LogP contribution in [0.2, 0.25) is 0 Å². The normalized spacial score (nSPS) is 48.8.